The van der Waals surface area contributed by atoms with Gasteiger partial charge in [0.1, 0.15) is 0 Å². The van der Waals surface area contributed by atoms with E-state index in [2.05, 4.69) is 37.2 Å². The Balaban J connectivity index is 0.000000258. The second-order valence-electron chi connectivity index (χ2n) is 19.8. The molecule has 0 aromatic carbocycles. The van der Waals surface area contributed by atoms with Gasteiger partial charge >= 0.3 is 17.9 Å². The summed E-state index contributed by atoms with van der Waals surface area (Å²) < 4.78 is 52.0. The van der Waals surface area contributed by atoms with Gasteiger partial charge in [0.25, 0.3) is 0 Å². The number of sulfonamides is 2. The zero-order valence-electron chi connectivity index (χ0n) is 37.9. The van der Waals surface area contributed by atoms with Crippen molar-refractivity contribution in [1.29, 1.82) is 0 Å². The molecule has 0 saturated heterocycles. The molecule has 13 atom stereocenters. The maximum atomic E-state index is 11.8. The molecule has 0 heterocycles. The number of esters is 1. The minimum Gasteiger partial charge on any atom is -0.481 e. The van der Waals surface area contributed by atoms with Crippen LogP contribution in [0, 0.1) is 87.8 Å². The maximum absolute atomic E-state index is 11.8. The molecule has 0 spiro atoms. The van der Waals surface area contributed by atoms with Crippen LogP contribution < -0.4 is 9.44 Å². The number of hydrogen-bond acceptors (Lipinski definition) is 10. The number of methoxy groups -OCH3 is 1. The zero-order valence-corrected chi connectivity index (χ0v) is 39.5. The Bertz CT molecular complexity index is 1710. The van der Waals surface area contributed by atoms with Gasteiger partial charge in [-0.3, -0.25) is 33.4 Å². The fraction of sp³-hybridized carbons (Fsp3) is 0.884. The van der Waals surface area contributed by atoms with Crippen molar-refractivity contribution in [2.45, 2.75) is 133 Å². The number of carboxylic acids is 2. The number of carbonyl (C=O) groups is 5. The molecular formula is C43H76N2O12S2. The smallest absolute Gasteiger partial charge is 0.311 e. The van der Waals surface area contributed by atoms with E-state index in [1.54, 1.807) is 13.8 Å². The first-order chi connectivity index (χ1) is 26.9. The van der Waals surface area contributed by atoms with Crippen molar-refractivity contribution < 1.29 is 55.8 Å². The summed E-state index contributed by atoms with van der Waals surface area (Å²) in [5.41, 5.74) is -0.933. The maximum Gasteiger partial charge on any atom is 0.311 e. The van der Waals surface area contributed by atoms with Crippen LogP contribution in [0.3, 0.4) is 0 Å². The van der Waals surface area contributed by atoms with Crippen LogP contribution in [0.4, 0.5) is 0 Å². The number of ether oxygens (including phenoxy) is 1. The molecule has 6 aliphatic rings. The summed E-state index contributed by atoms with van der Waals surface area (Å²) in [6.07, 6.45) is 12.1. The van der Waals surface area contributed by atoms with Gasteiger partial charge in [0.15, 0.2) is 0 Å². The van der Waals surface area contributed by atoms with E-state index < -0.39 is 43.3 Å². The van der Waals surface area contributed by atoms with E-state index in [1.807, 2.05) is 32.4 Å². The van der Waals surface area contributed by atoms with Gasteiger partial charge in [-0.1, -0.05) is 61.8 Å². The molecule has 4 N–H and O–H groups in total. The third-order valence-electron chi connectivity index (χ3n) is 15.2. The first-order valence-electron chi connectivity index (χ1n) is 21.5. The van der Waals surface area contributed by atoms with Crippen molar-refractivity contribution >= 4 is 49.8 Å². The van der Waals surface area contributed by atoms with E-state index in [0.29, 0.717) is 53.8 Å². The SMILES string of the molecule is CC1C2CC(C(=O)NS(C)(=O)=O)C(C2)C1C.CC1C2CC(C(=O)O)C(C2)C1C.CCC(C)(C)C(=O)NS(C)(=O)=O.CCC(C)(C)C(=O)OC.O=C(O)C1CC2CCC1C2. The van der Waals surface area contributed by atoms with E-state index in [4.69, 9.17) is 10.2 Å². The Hall–Kier alpha value is -2.75. The molecule has 0 aliphatic heterocycles. The molecule has 2 amide bonds. The van der Waals surface area contributed by atoms with Gasteiger partial charge in [-0.25, -0.2) is 16.8 Å². The molecule has 6 bridgehead atoms. The van der Waals surface area contributed by atoms with Gasteiger partial charge in [0.2, 0.25) is 31.9 Å². The highest BCUT2D eigenvalue weighted by molar-refractivity contribution is 7.89. The summed E-state index contributed by atoms with van der Waals surface area (Å²) in [7, 11) is -5.41. The molecule has 59 heavy (non-hydrogen) atoms. The average Bonchev–Trinajstić information content (AvgIpc) is 4.00. The molecule has 14 nitrogen and oxygen atoms in total. The number of amides is 2. The van der Waals surface area contributed by atoms with Crippen LogP contribution in [-0.2, 0) is 48.8 Å². The van der Waals surface area contributed by atoms with E-state index in [1.165, 1.54) is 32.8 Å². The van der Waals surface area contributed by atoms with Crippen molar-refractivity contribution in [2.75, 3.05) is 19.6 Å². The number of aliphatic carboxylic acids is 2. The van der Waals surface area contributed by atoms with E-state index in [9.17, 15) is 40.8 Å². The number of hydrogen-bond donors (Lipinski definition) is 4. The molecule has 13 unspecified atom stereocenters. The second kappa shape index (κ2) is 20.9. The Labute approximate surface area is 354 Å². The van der Waals surface area contributed by atoms with Crippen molar-refractivity contribution in [3.63, 3.8) is 0 Å². The number of carboxylic acid groups (broad SMARTS) is 2. The summed E-state index contributed by atoms with van der Waals surface area (Å²) in [5, 5.41) is 17.7. The van der Waals surface area contributed by atoms with Crippen LogP contribution in [0.1, 0.15) is 133 Å². The van der Waals surface area contributed by atoms with Crippen LogP contribution in [0.5, 0.6) is 0 Å². The molecule has 6 rings (SSSR count). The van der Waals surface area contributed by atoms with Gasteiger partial charge in [0.05, 0.1) is 36.9 Å². The molecule has 6 saturated carbocycles. The Morgan fingerprint density at radius 1 is 0.593 bits per heavy atom. The van der Waals surface area contributed by atoms with Crippen molar-refractivity contribution in [3.05, 3.63) is 0 Å². The largest absolute Gasteiger partial charge is 0.481 e. The highest BCUT2D eigenvalue weighted by atomic mass is 32.2. The van der Waals surface area contributed by atoms with Crippen LogP contribution in [0.15, 0.2) is 0 Å². The van der Waals surface area contributed by atoms with Gasteiger partial charge in [0, 0.05) is 11.3 Å². The first-order valence-corrected chi connectivity index (χ1v) is 25.3. The lowest BCUT2D eigenvalue weighted by Crippen LogP contribution is -2.39. The molecule has 0 radical (unpaired) electrons. The van der Waals surface area contributed by atoms with Crippen LogP contribution in [0.25, 0.3) is 0 Å². The van der Waals surface area contributed by atoms with E-state index in [-0.39, 0.29) is 35.0 Å². The lowest BCUT2D eigenvalue weighted by molar-refractivity contribution is -0.151. The van der Waals surface area contributed by atoms with Gasteiger partial charge in [-0.2, -0.15) is 0 Å². The lowest BCUT2D eigenvalue weighted by atomic mass is 9.75. The quantitative estimate of drug-likeness (QED) is 0.180. The van der Waals surface area contributed by atoms with Gasteiger partial charge < -0.3 is 14.9 Å². The predicted octanol–water partition coefficient (Wildman–Crippen LogP) is 6.59. The normalized spacial score (nSPS) is 33.7. The monoisotopic (exact) mass is 876 g/mol. The molecular weight excluding hydrogens is 801 g/mol. The number of carbonyl (C=O) groups excluding carboxylic acids is 3. The Morgan fingerprint density at radius 3 is 1.32 bits per heavy atom. The lowest BCUT2D eigenvalue weighted by Gasteiger charge is -2.30. The second-order valence-corrected chi connectivity index (χ2v) is 23.3. The number of nitrogens with one attached hydrogen (secondary N) is 2. The average molecular weight is 877 g/mol. The summed E-state index contributed by atoms with van der Waals surface area (Å²) >= 11 is 0. The highest BCUT2D eigenvalue weighted by Gasteiger charge is 2.52. The van der Waals surface area contributed by atoms with E-state index in [0.717, 1.165) is 56.5 Å². The minimum absolute atomic E-state index is 0.0127. The fourth-order valence-corrected chi connectivity index (χ4v) is 11.3. The van der Waals surface area contributed by atoms with Gasteiger partial charge in [-0.15, -0.1) is 0 Å². The summed E-state index contributed by atoms with van der Waals surface area (Å²) in [5.74, 6) is 3.92. The standard InChI is InChI=1S/C11H19NO3S.C10H16O2.C8H12O2.C7H15NO3S.C7H14O2/c1-6-7(2)9-4-8(6)5-10(9)11(13)12-16(3,14)15;1-5-6(2)8-3-7(5)4-9(8)10(11)12;9-8(10)7-4-5-1-2-6(7)3-5;1-5-7(2,3)6(9)8-12(4,10)11;1-5-7(2,3)6(8)9-4/h6-10H,4-5H2,1-3H3,(H,12,13);5-9H,3-4H2,1-2H3,(H,11,12);5-7H,1-4H2,(H,9,10);5H2,1-4H3,(H,8,9);5H2,1-4H3. The predicted molar refractivity (Wildman–Crippen MR) is 226 cm³/mol. The molecule has 0 aromatic rings. The molecule has 6 aliphatic carbocycles. The zero-order chi connectivity index (χ0) is 45.6. The highest BCUT2D eigenvalue weighted by Crippen LogP contribution is 2.56. The van der Waals surface area contributed by atoms with Crippen molar-refractivity contribution in [1.82, 2.24) is 9.44 Å². The van der Waals surface area contributed by atoms with Crippen LogP contribution >= 0.6 is 0 Å². The number of rotatable bonds is 9. The number of fused-ring (bicyclic) bond motifs is 6. The van der Waals surface area contributed by atoms with Crippen LogP contribution in [0.2, 0.25) is 0 Å². The van der Waals surface area contributed by atoms with Crippen LogP contribution in [-0.4, -0.2) is 76.4 Å². The Morgan fingerprint density at radius 2 is 1.03 bits per heavy atom. The topological polar surface area (TPSA) is 227 Å². The Kier molecular flexibility index (Phi) is 18.5. The summed E-state index contributed by atoms with van der Waals surface area (Å²) in [6, 6.07) is 0. The molecule has 342 valence electrons. The molecule has 16 heteroatoms. The van der Waals surface area contributed by atoms with Gasteiger partial charge in [-0.05, 0) is 131 Å². The third-order valence-corrected chi connectivity index (χ3v) is 16.3. The minimum atomic E-state index is -3.42. The molecule has 0 aromatic heterocycles. The first kappa shape index (κ1) is 52.4. The summed E-state index contributed by atoms with van der Waals surface area (Å²) in [4.78, 5) is 55.3. The summed E-state index contributed by atoms with van der Waals surface area (Å²) in [6.45, 7) is 19.9. The third kappa shape index (κ3) is 14.4. The van der Waals surface area contributed by atoms with E-state index >= 15 is 0 Å². The van der Waals surface area contributed by atoms with Crippen molar-refractivity contribution in [2.24, 2.45) is 87.8 Å². The van der Waals surface area contributed by atoms with Crippen molar-refractivity contribution in [3.8, 4) is 0 Å². The molecule has 6 fully saturated rings. The fourth-order valence-electron chi connectivity index (χ4n) is 10.2.